The molecule has 0 bridgehead atoms. The molecule has 0 atom stereocenters. The van der Waals surface area contributed by atoms with Gasteiger partial charge in [0.05, 0.1) is 5.76 Å². The second-order valence-electron chi connectivity index (χ2n) is 3.54. The molecule has 4 nitrogen and oxygen atoms in total. The fourth-order valence-corrected chi connectivity index (χ4v) is 1.56. The van der Waals surface area contributed by atoms with Gasteiger partial charge in [0, 0.05) is 18.1 Å². The summed E-state index contributed by atoms with van der Waals surface area (Å²) in [7, 11) is 0. The number of aliphatic hydroxyl groups is 1. The van der Waals surface area contributed by atoms with Gasteiger partial charge in [-0.1, -0.05) is 13.8 Å². The summed E-state index contributed by atoms with van der Waals surface area (Å²) in [5.74, 6) is -0.102. The Morgan fingerprint density at radius 2 is 2.06 bits per heavy atom. The van der Waals surface area contributed by atoms with Crippen LogP contribution in [0, 0.1) is 5.41 Å². The molecule has 0 spiro atoms. The molecule has 1 heterocycles. The first-order valence-electron chi connectivity index (χ1n) is 5.80. The highest BCUT2D eigenvalue weighted by molar-refractivity contribution is 5.92. The number of amidine groups is 1. The summed E-state index contributed by atoms with van der Waals surface area (Å²) < 4.78 is 18.7. The lowest BCUT2D eigenvalue weighted by Crippen LogP contribution is -2.09. The van der Waals surface area contributed by atoms with E-state index in [2.05, 4.69) is 0 Å². The van der Waals surface area contributed by atoms with E-state index in [0.29, 0.717) is 24.2 Å². The van der Waals surface area contributed by atoms with Crippen molar-refractivity contribution in [1.29, 1.82) is 5.41 Å². The number of nitrogens with two attached hydrogens (primary N) is 1. The van der Waals surface area contributed by atoms with Gasteiger partial charge in [-0.15, -0.1) is 0 Å². The van der Waals surface area contributed by atoms with E-state index in [1.54, 1.807) is 6.07 Å². The van der Waals surface area contributed by atoms with Crippen LogP contribution in [-0.2, 0) is 0 Å². The summed E-state index contributed by atoms with van der Waals surface area (Å²) in [6.45, 7) is 4.00. The van der Waals surface area contributed by atoms with Crippen LogP contribution in [0.2, 0.25) is 0 Å². The van der Waals surface area contributed by atoms with Gasteiger partial charge >= 0.3 is 0 Å². The van der Waals surface area contributed by atoms with E-state index >= 15 is 0 Å². The molecule has 1 aliphatic rings. The third kappa shape index (κ3) is 3.00. The lowest BCUT2D eigenvalue weighted by atomic mass is 10.0. The number of nitrogen functional groups attached to an aromatic ring is 1. The molecular weight excluding hydrogens is 235 g/mol. The molecule has 0 radical (unpaired) electrons. The molecule has 0 saturated carbocycles. The highest BCUT2D eigenvalue weighted by Gasteiger charge is 2.18. The summed E-state index contributed by atoms with van der Waals surface area (Å²) in [5.41, 5.74) is 5.63. The smallest absolute Gasteiger partial charge is 0.168 e. The molecular formula is C13H17FN2O2. The third-order valence-corrected chi connectivity index (χ3v) is 2.38. The van der Waals surface area contributed by atoms with Crippen LogP contribution in [0.4, 0.5) is 4.39 Å². The Morgan fingerprint density at radius 1 is 1.39 bits per heavy atom. The van der Waals surface area contributed by atoms with Crippen LogP contribution >= 0.6 is 0 Å². The average Bonchev–Trinajstić information content (AvgIpc) is 2.81. The molecule has 2 rings (SSSR count). The van der Waals surface area contributed by atoms with E-state index in [1.165, 1.54) is 6.07 Å². The Kier molecular flexibility index (Phi) is 4.71. The molecule has 98 valence electrons. The predicted octanol–water partition coefficient (Wildman–Crippen LogP) is 3.51. The van der Waals surface area contributed by atoms with Crippen LogP contribution in [0.3, 0.4) is 0 Å². The van der Waals surface area contributed by atoms with Crippen LogP contribution in [0.25, 0.3) is 5.57 Å². The Bertz CT molecular complexity index is 501. The Balaban J connectivity index is 0.000000771. The van der Waals surface area contributed by atoms with Crippen molar-refractivity contribution in [3.8, 4) is 0 Å². The van der Waals surface area contributed by atoms with E-state index in [4.69, 9.17) is 20.7 Å². The van der Waals surface area contributed by atoms with Crippen LogP contribution in [0.5, 0.6) is 0 Å². The predicted molar refractivity (Wildman–Crippen MR) is 69.0 cm³/mol. The first-order chi connectivity index (χ1) is 8.58. The molecule has 0 unspecified atom stereocenters. The van der Waals surface area contributed by atoms with Gasteiger partial charge in [-0.25, -0.2) is 4.39 Å². The van der Waals surface area contributed by atoms with E-state index in [0.717, 1.165) is 6.08 Å². The zero-order valence-electron chi connectivity index (χ0n) is 10.5. The van der Waals surface area contributed by atoms with Gasteiger partial charge in [0.2, 0.25) is 0 Å². The van der Waals surface area contributed by atoms with Gasteiger partial charge in [0.1, 0.15) is 11.6 Å². The molecule has 1 aliphatic carbocycles. The van der Waals surface area contributed by atoms with E-state index in [1.807, 2.05) is 13.8 Å². The number of furan rings is 1. The maximum atomic E-state index is 13.5. The first-order valence-corrected chi connectivity index (χ1v) is 5.80. The van der Waals surface area contributed by atoms with E-state index in [-0.39, 0.29) is 17.4 Å². The standard InChI is InChI=1S/C11H11FN2O2.C2H6/c12-8-5-6(15)1-2-7(8)9-3-4-10(16-9)11(13)14;1-2/h3-5,15H,1-2H2,(H3,13,14);1-2H3. The number of aliphatic hydroxyl groups excluding tert-OH is 1. The third-order valence-electron chi connectivity index (χ3n) is 2.38. The minimum atomic E-state index is -0.506. The Labute approximate surface area is 105 Å². The highest BCUT2D eigenvalue weighted by atomic mass is 19.1. The average molecular weight is 252 g/mol. The van der Waals surface area contributed by atoms with Gasteiger partial charge in [-0.05, 0) is 18.6 Å². The second kappa shape index (κ2) is 6.05. The summed E-state index contributed by atoms with van der Waals surface area (Å²) in [4.78, 5) is 0. The largest absolute Gasteiger partial charge is 0.512 e. The molecule has 1 aromatic rings. The van der Waals surface area contributed by atoms with Gasteiger partial charge in [-0.3, -0.25) is 5.41 Å². The topological polar surface area (TPSA) is 83.2 Å². The molecule has 18 heavy (non-hydrogen) atoms. The van der Waals surface area contributed by atoms with Crippen molar-refractivity contribution in [2.75, 3.05) is 0 Å². The fraction of sp³-hybridized carbons (Fsp3) is 0.308. The van der Waals surface area contributed by atoms with Crippen molar-refractivity contribution in [2.24, 2.45) is 5.73 Å². The van der Waals surface area contributed by atoms with Crippen LogP contribution in [0.15, 0.2) is 34.2 Å². The summed E-state index contributed by atoms with van der Waals surface area (Å²) in [6, 6.07) is 3.10. The number of allylic oxidation sites excluding steroid dienone is 4. The lowest BCUT2D eigenvalue weighted by Gasteiger charge is -2.10. The maximum absolute atomic E-state index is 13.5. The number of hydrogen-bond donors (Lipinski definition) is 3. The molecule has 0 aliphatic heterocycles. The van der Waals surface area contributed by atoms with Gasteiger partial charge in [0.25, 0.3) is 0 Å². The summed E-state index contributed by atoms with van der Waals surface area (Å²) >= 11 is 0. The van der Waals surface area contributed by atoms with E-state index in [9.17, 15) is 4.39 Å². The molecule has 0 amide bonds. The van der Waals surface area contributed by atoms with Crippen molar-refractivity contribution in [3.63, 3.8) is 0 Å². The highest BCUT2D eigenvalue weighted by Crippen LogP contribution is 2.32. The minimum absolute atomic E-state index is 0.0274. The SMILES string of the molecule is CC.N=C(N)c1ccc(C2=C(F)C=C(O)CC2)o1. The Hall–Kier alpha value is -2.04. The van der Waals surface area contributed by atoms with Crippen molar-refractivity contribution in [1.82, 2.24) is 0 Å². The number of rotatable bonds is 2. The monoisotopic (exact) mass is 252 g/mol. The molecule has 0 fully saturated rings. The lowest BCUT2D eigenvalue weighted by molar-refractivity contribution is 0.382. The van der Waals surface area contributed by atoms with E-state index < -0.39 is 5.83 Å². The first kappa shape index (κ1) is 14.0. The number of nitrogens with one attached hydrogen (secondary N) is 1. The van der Waals surface area contributed by atoms with Crippen molar-refractivity contribution < 1.29 is 13.9 Å². The minimum Gasteiger partial charge on any atom is -0.512 e. The molecule has 4 N–H and O–H groups in total. The normalized spacial score (nSPS) is 14.7. The molecule has 1 aromatic heterocycles. The van der Waals surface area contributed by atoms with Crippen LogP contribution < -0.4 is 5.73 Å². The number of hydrogen-bond acceptors (Lipinski definition) is 3. The second-order valence-corrected chi connectivity index (χ2v) is 3.54. The van der Waals surface area contributed by atoms with Crippen molar-refractivity contribution in [3.05, 3.63) is 41.3 Å². The molecule has 0 saturated heterocycles. The van der Waals surface area contributed by atoms with Gasteiger partial charge in [0.15, 0.2) is 11.6 Å². The fourth-order valence-electron chi connectivity index (χ4n) is 1.56. The van der Waals surface area contributed by atoms with Crippen LogP contribution in [-0.4, -0.2) is 10.9 Å². The maximum Gasteiger partial charge on any atom is 0.168 e. The van der Waals surface area contributed by atoms with Gasteiger partial charge < -0.3 is 15.3 Å². The van der Waals surface area contributed by atoms with Crippen molar-refractivity contribution >= 4 is 11.4 Å². The van der Waals surface area contributed by atoms with Crippen LogP contribution in [0.1, 0.15) is 38.2 Å². The van der Waals surface area contributed by atoms with Gasteiger partial charge in [-0.2, -0.15) is 0 Å². The zero-order valence-corrected chi connectivity index (χ0v) is 10.5. The molecule has 5 heteroatoms. The Morgan fingerprint density at radius 3 is 2.56 bits per heavy atom. The summed E-state index contributed by atoms with van der Waals surface area (Å²) in [6.07, 6.45) is 1.84. The summed E-state index contributed by atoms with van der Waals surface area (Å²) in [5, 5.41) is 16.3. The quantitative estimate of drug-likeness (QED) is 0.556. The zero-order chi connectivity index (χ0) is 13.7. The number of halogens is 1. The van der Waals surface area contributed by atoms with Crippen molar-refractivity contribution in [2.45, 2.75) is 26.7 Å². The molecule has 0 aromatic carbocycles.